The van der Waals surface area contributed by atoms with Gasteiger partial charge in [0, 0.05) is 0 Å². The van der Waals surface area contributed by atoms with E-state index in [4.69, 9.17) is 21.1 Å². The molecule has 1 aliphatic rings. The van der Waals surface area contributed by atoms with Crippen LogP contribution in [0.25, 0.3) is 6.08 Å². The summed E-state index contributed by atoms with van der Waals surface area (Å²) in [5.41, 5.74) is 2.29. The number of imide groups is 1. The Balaban J connectivity index is 1.32. The van der Waals surface area contributed by atoms with Gasteiger partial charge in [0.1, 0.15) is 18.1 Å². The summed E-state index contributed by atoms with van der Waals surface area (Å²) in [5, 5.41) is 2.78. The van der Waals surface area contributed by atoms with E-state index in [2.05, 4.69) is 5.32 Å². The van der Waals surface area contributed by atoms with Crippen LogP contribution >= 0.6 is 23.4 Å². The van der Waals surface area contributed by atoms with E-state index in [0.29, 0.717) is 32.7 Å². The van der Waals surface area contributed by atoms with Gasteiger partial charge >= 0.3 is 0 Å². The van der Waals surface area contributed by atoms with Crippen molar-refractivity contribution in [3.63, 3.8) is 0 Å². The molecule has 0 aromatic heterocycles. The first-order chi connectivity index (χ1) is 17.4. The zero-order chi connectivity index (χ0) is 25.5. The molecule has 9 heteroatoms. The van der Waals surface area contributed by atoms with E-state index in [1.165, 1.54) is 4.90 Å². The lowest BCUT2D eigenvalue weighted by Crippen LogP contribution is -2.32. The lowest BCUT2D eigenvalue weighted by atomic mass is 10.2. The molecule has 1 heterocycles. The van der Waals surface area contributed by atoms with Crippen LogP contribution in [0.1, 0.15) is 11.1 Å². The quantitative estimate of drug-likeness (QED) is 0.358. The Bertz CT molecular complexity index is 1310. The predicted molar refractivity (Wildman–Crippen MR) is 141 cm³/mol. The molecule has 1 saturated heterocycles. The van der Waals surface area contributed by atoms with Crippen molar-refractivity contribution in [2.45, 2.75) is 6.92 Å². The molecule has 184 valence electrons. The summed E-state index contributed by atoms with van der Waals surface area (Å²) >= 11 is 6.93. The molecule has 0 atom stereocenters. The van der Waals surface area contributed by atoms with Gasteiger partial charge < -0.3 is 14.8 Å². The second-order valence-corrected chi connectivity index (χ2v) is 9.28. The highest BCUT2D eigenvalue weighted by atomic mass is 35.5. The number of rotatable bonds is 9. The third-order valence-electron chi connectivity index (χ3n) is 5.15. The fourth-order valence-corrected chi connectivity index (χ4v) is 4.37. The highest BCUT2D eigenvalue weighted by molar-refractivity contribution is 8.18. The van der Waals surface area contributed by atoms with Gasteiger partial charge in [-0.05, 0) is 66.7 Å². The number of carbonyl (C=O) groups is 3. The van der Waals surface area contributed by atoms with Crippen LogP contribution in [-0.4, -0.2) is 41.7 Å². The summed E-state index contributed by atoms with van der Waals surface area (Å²) in [6.07, 6.45) is 1.63. The number of thioether (sulfide) groups is 1. The molecule has 0 spiro atoms. The van der Waals surface area contributed by atoms with E-state index in [9.17, 15) is 14.4 Å². The van der Waals surface area contributed by atoms with Gasteiger partial charge in [-0.3, -0.25) is 19.3 Å². The molecule has 0 bridgehead atoms. The number of para-hydroxylation sites is 1. The third kappa shape index (κ3) is 6.68. The van der Waals surface area contributed by atoms with Crippen LogP contribution in [0.15, 0.2) is 77.7 Å². The van der Waals surface area contributed by atoms with Crippen molar-refractivity contribution in [1.82, 2.24) is 4.90 Å². The zero-order valence-corrected chi connectivity index (χ0v) is 21.0. The van der Waals surface area contributed by atoms with Crippen molar-refractivity contribution in [2.24, 2.45) is 0 Å². The first-order valence-electron chi connectivity index (χ1n) is 11.1. The lowest BCUT2D eigenvalue weighted by molar-refractivity contribution is -0.123. The number of aryl methyl sites for hydroxylation is 1. The van der Waals surface area contributed by atoms with Crippen LogP contribution in [0.2, 0.25) is 5.02 Å². The predicted octanol–water partition coefficient (Wildman–Crippen LogP) is 5.78. The molecule has 0 radical (unpaired) electrons. The van der Waals surface area contributed by atoms with Crippen LogP contribution in [0.3, 0.4) is 0 Å². The molecule has 7 nitrogen and oxygen atoms in total. The van der Waals surface area contributed by atoms with Gasteiger partial charge in [-0.25, -0.2) is 0 Å². The average molecular weight is 523 g/mol. The Hall–Kier alpha value is -3.75. The first-order valence-corrected chi connectivity index (χ1v) is 12.3. The number of ether oxygens (including phenoxy) is 2. The number of hydrogen-bond donors (Lipinski definition) is 1. The van der Waals surface area contributed by atoms with Crippen molar-refractivity contribution in [2.75, 3.05) is 25.1 Å². The van der Waals surface area contributed by atoms with E-state index >= 15 is 0 Å². The Labute approximate surface area is 218 Å². The number of carbonyl (C=O) groups excluding carboxylic acids is 3. The number of nitrogens with one attached hydrogen (secondary N) is 1. The summed E-state index contributed by atoms with van der Waals surface area (Å²) in [6.45, 7) is 2.12. The summed E-state index contributed by atoms with van der Waals surface area (Å²) in [4.78, 5) is 38.8. The topological polar surface area (TPSA) is 84.9 Å². The van der Waals surface area contributed by atoms with Gasteiger partial charge in [-0.15, -0.1) is 0 Å². The standard InChI is InChI=1S/C27H23ClN2O5S/c1-18-9-11-20(12-10-18)34-14-13-30-26(32)24(36-27(30)33)16-19-5-4-6-21(15-19)35-17-25(31)29-23-8-3-2-7-22(23)28/h2-12,15-16H,13-14,17H2,1H3,(H,29,31)/b24-16-. The second kappa shape index (κ2) is 11.8. The number of benzene rings is 3. The molecule has 36 heavy (non-hydrogen) atoms. The molecule has 4 rings (SSSR count). The normalized spacial score (nSPS) is 14.3. The van der Waals surface area contributed by atoms with Crippen LogP contribution in [0.4, 0.5) is 10.5 Å². The number of hydrogen-bond acceptors (Lipinski definition) is 6. The van der Waals surface area contributed by atoms with Crippen molar-refractivity contribution < 1.29 is 23.9 Å². The largest absolute Gasteiger partial charge is 0.492 e. The maximum absolute atomic E-state index is 12.8. The summed E-state index contributed by atoms with van der Waals surface area (Å²) in [5.74, 6) is 0.398. The molecule has 0 unspecified atom stereocenters. The molecule has 3 aromatic carbocycles. The zero-order valence-electron chi connectivity index (χ0n) is 19.4. The minimum absolute atomic E-state index is 0.152. The monoisotopic (exact) mass is 522 g/mol. The van der Waals surface area contributed by atoms with Crippen LogP contribution in [0, 0.1) is 6.92 Å². The fraction of sp³-hybridized carbons (Fsp3) is 0.148. The van der Waals surface area contributed by atoms with Gasteiger partial charge in [0.15, 0.2) is 6.61 Å². The SMILES string of the molecule is Cc1ccc(OCCN2C(=O)S/C(=C\c3cccc(OCC(=O)Nc4ccccc4Cl)c3)C2=O)cc1. The molecule has 3 amide bonds. The smallest absolute Gasteiger partial charge is 0.293 e. The molecule has 0 saturated carbocycles. The molecular weight excluding hydrogens is 500 g/mol. The summed E-state index contributed by atoms with van der Waals surface area (Å²) < 4.78 is 11.2. The fourth-order valence-electron chi connectivity index (χ4n) is 3.33. The number of amides is 3. The molecule has 3 aromatic rings. The Morgan fingerprint density at radius 2 is 1.78 bits per heavy atom. The van der Waals surface area contributed by atoms with Crippen LogP contribution in [-0.2, 0) is 9.59 Å². The first kappa shape index (κ1) is 25.3. The Morgan fingerprint density at radius 3 is 2.56 bits per heavy atom. The van der Waals surface area contributed by atoms with Crippen molar-refractivity contribution in [3.8, 4) is 11.5 Å². The minimum atomic E-state index is -0.372. The van der Waals surface area contributed by atoms with E-state index in [-0.39, 0.29) is 36.8 Å². The van der Waals surface area contributed by atoms with E-state index in [1.54, 1.807) is 54.6 Å². The number of nitrogens with zero attached hydrogens (tertiary/aromatic N) is 1. The van der Waals surface area contributed by atoms with Gasteiger partial charge in [-0.2, -0.15) is 0 Å². The van der Waals surface area contributed by atoms with Crippen LogP contribution < -0.4 is 14.8 Å². The van der Waals surface area contributed by atoms with Crippen molar-refractivity contribution >= 4 is 52.2 Å². The van der Waals surface area contributed by atoms with E-state index < -0.39 is 0 Å². The second-order valence-electron chi connectivity index (χ2n) is 7.88. The highest BCUT2D eigenvalue weighted by Gasteiger charge is 2.34. The van der Waals surface area contributed by atoms with Crippen molar-refractivity contribution in [3.05, 3.63) is 93.9 Å². The molecule has 1 aliphatic heterocycles. The van der Waals surface area contributed by atoms with Gasteiger partial charge in [0.05, 0.1) is 22.2 Å². The highest BCUT2D eigenvalue weighted by Crippen LogP contribution is 2.32. The average Bonchev–Trinajstić information content (AvgIpc) is 3.13. The van der Waals surface area contributed by atoms with E-state index in [1.807, 2.05) is 31.2 Å². The molecular formula is C27H23ClN2O5S. The molecule has 1 N–H and O–H groups in total. The molecule has 0 aliphatic carbocycles. The maximum Gasteiger partial charge on any atom is 0.293 e. The summed E-state index contributed by atoms with van der Waals surface area (Å²) in [7, 11) is 0. The number of halogens is 1. The van der Waals surface area contributed by atoms with Gasteiger partial charge in [0.2, 0.25) is 0 Å². The van der Waals surface area contributed by atoms with Crippen LogP contribution in [0.5, 0.6) is 11.5 Å². The van der Waals surface area contributed by atoms with Gasteiger partial charge in [0.25, 0.3) is 17.1 Å². The third-order valence-corrected chi connectivity index (χ3v) is 6.39. The Kier molecular flexibility index (Phi) is 8.30. The Morgan fingerprint density at radius 1 is 1.00 bits per heavy atom. The minimum Gasteiger partial charge on any atom is -0.492 e. The van der Waals surface area contributed by atoms with E-state index in [0.717, 1.165) is 17.3 Å². The molecule has 1 fully saturated rings. The van der Waals surface area contributed by atoms with Gasteiger partial charge in [-0.1, -0.05) is 53.6 Å². The maximum atomic E-state index is 12.8. The summed E-state index contributed by atoms with van der Waals surface area (Å²) in [6, 6.07) is 21.4. The van der Waals surface area contributed by atoms with Crippen molar-refractivity contribution in [1.29, 1.82) is 0 Å². The lowest BCUT2D eigenvalue weighted by Gasteiger charge is -2.13. The number of anilines is 1.